The molecule has 0 unspecified atom stereocenters. The number of rotatable bonds is 9. The van der Waals surface area contributed by atoms with E-state index in [0.29, 0.717) is 17.9 Å². The summed E-state index contributed by atoms with van der Waals surface area (Å²) in [7, 11) is 0. The van der Waals surface area contributed by atoms with Gasteiger partial charge in [-0.3, -0.25) is 14.4 Å². The zero-order valence-electron chi connectivity index (χ0n) is 13.3. The second-order valence-electron chi connectivity index (χ2n) is 4.92. The van der Waals surface area contributed by atoms with Gasteiger partial charge in [0.25, 0.3) is 0 Å². The minimum atomic E-state index is -0.160. The lowest BCUT2D eigenvalue weighted by atomic mass is 10.1. The van der Waals surface area contributed by atoms with Gasteiger partial charge in [-0.2, -0.15) is 0 Å². The van der Waals surface area contributed by atoms with Gasteiger partial charge in [-0.25, -0.2) is 0 Å². The molecular formula is C16H25NO3S. The molecule has 0 aliphatic rings. The second kappa shape index (κ2) is 11.3. The summed E-state index contributed by atoms with van der Waals surface area (Å²) in [6.07, 6.45) is 5.71. The van der Waals surface area contributed by atoms with E-state index in [1.807, 2.05) is 13.0 Å². The van der Waals surface area contributed by atoms with Crippen LogP contribution in [0.2, 0.25) is 0 Å². The third-order valence-corrected chi connectivity index (χ3v) is 3.62. The number of nitrogens with one attached hydrogen (secondary N) is 1. The van der Waals surface area contributed by atoms with Gasteiger partial charge in [-0.05, 0) is 25.8 Å². The van der Waals surface area contributed by atoms with E-state index in [1.54, 1.807) is 13.0 Å². The van der Waals surface area contributed by atoms with Crippen LogP contribution in [0.1, 0.15) is 47.0 Å². The van der Waals surface area contributed by atoms with Gasteiger partial charge in [-0.15, -0.1) is 0 Å². The standard InChI is InChI=1S/C16H25NO3S/c1-5-6-12(2)7-8-13(3)15(19)11-16(20)21-10-9-17-14(4)18/h7-8H,5-6,9-11H2,1-4H3,(H,17,18)/b12-7+,13-8+. The molecule has 118 valence electrons. The maximum absolute atomic E-state index is 11.9. The summed E-state index contributed by atoms with van der Waals surface area (Å²) >= 11 is 1.08. The molecule has 0 bridgehead atoms. The van der Waals surface area contributed by atoms with Gasteiger partial charge in [0.05, 0.1) is 6.42 Å². The first-order chi connectivity index (χ1) is 9.86. The largest absolute Gasteiger partial charge is 0.356 e. The molecule has 0 heterocycles. The number of hydrogen-bond acceptors (Lipinski definition) is 4. The Morgan fingerprint density at radius 1 is 1.10 bits per heavy atom. The molecule has 0 aliphatic carbocycles. The highest BCUT2D eigenvalue weighted by atomic mass is 32.2. The van der Waals surface area contributed by atoms with Crippen LogP contribution in [0.25, 0.3) is 0 Å². The Morgan fingerprint density at radius 3 is 2.33 bits per heavy atom. The van der Waals surface area contributed by atoms with Crippen LogP contribution in [0, 0.1) is 0 Å². The van der Waals surface area contributed by atoms with Crippen molar-refractivity contribution in [3.8, 4) is 0 Å². The predicted octanol–water partition coefficient (Wildman–Crippen LogP) is 3.03. The van der Waals surface area contributed by atoms with E-state index in [4.69, 9.17) is 0 Å². The van der Waals surface area contributed by atoms with E-state index in [1.165, 1.54) is 12.5 Å². The van der Waals surface area contributed by atoms with Crippen molar-refractivity contribution in [2.75, 3.05) is 12.3 Å². The van der Waals surface area contributed by atoms with Crippen molar-refractivity contribution in [1.29, 1.82) is 0 Å². The van der Waals surface area contributed by atoms with Crippen LogP contribution in [0.4, 0.5) is 0 Å². The number of hydrogen-bond donors (Lipinski definition) is 1. The lowest BCUT2D eigenvalue weighted by Crippen LogP contribution is -2.23. The molecule has 0 aromatic rings. The van der Waals surface area contributed by atoms with Gasteiger partial charge in [0.2, 0.25) is 5.91 Å². The van der Waals surface area contributed by atoms with Crippen molar-refractivity contribution in [2.45, 2.75) is 47.0 Å². The summed E-state index contributed by atoms with van der Waals surface area (Å²) in [6.45, 7) is 7.73. The summed E-state index contributed by atoms with van der Waals surface area (Å²) in [5, 5.41) is 2.45. The zero-order chi connectivity index (χ0) is 16.3. The molecule has 4 nitrogen and oxygen atoms in total. The SMILES string of the molecule is CCC/C(C)=C/C=C(\C)C(=O)CC(=O)SCCNC(C)=O. The molecule has 5 heteroatoms. The van der Waals surface area contributed by atoms with Gasteiger partial charge in [0.1, 0.15) is 0 Å². The molecule has 0 fully saturated rings. The minimum Gasteiger partial charge on any atom is -0.356 e. The summed E-state index contributed by atoms with van der Waals surface area (Å²) in [6, 6.07) is 0. The molecule has 0 spiro atoms. The molecule has 0 rings (SSSR count). The molecule has 21 heavy (non-hydrogen) atoms. The molecule has 0 atom stereocenters. The summed E-state index contributed by atoms with van der Waals surface area (Å²) in [5.41, 5.74) is 1.82. The van der Waals surface area contributed by atoms with E-state index in [2.05, 4.69) is 12.2 Å². The molecule has 0 saturated heterocycles. The molecule has 1 N–H and O–H groups in total. The lowest BCUT2D eigenvalue weighted by Gasteiger charge is -2.02. The maximum atomic E-state index is 11.9. The predicted molar refractivity (Wildman–Crippen MR) is 88.2 cm³/mol. The van der Waals surface area contributed by atoms with Crippen LogP contribution in [-0.2, 0) is 14.4 Å². The topological polar surface area (TPSA) is 63.2 Å². The van der Waals surface area contributed by atoms with Gasteiger partial charge < -0.3 is 5.32 Å². The molecule has 1 amide bonds. The van der Waals surface area contributed by atoms with Crippen LogP contribution in [0.3, 0.4) is 0 Å². The minimum absolute atomic E-state index is 0.0895. The first-order valence-electron chi connectivity index (χ1n) is 7.14. The lowest BCUT2D eigenvalue weighted by molar-refractivity contribution is -0.121. The number of ketones is 1. The Labute approximate surface area is 131 Å². The number of carbonyl (C=O) groups excluding carboxylic acids is 3. The van der Waals surface area contributed by atoms with Crippen molar-refractivity contribution >= 4 is 28.6 Å². The number of amides is 1. The highest BCUT2D eigenvalue weighted by molar-refractivity contribution is 8.13. The first-order valence-corrected chi connectivity index (χ1v) is 8.12. The van der Waals surface area contributed by atoms with E-state index in [0.717, 1.165) is 24.6 Å². The number of allylic oxidation sites excluding steroid dienone is 4. The average Bonchev–Trinajstić information content (AvgIpc) is 2.41. The first kappa shape index (κ1) is 19.6. The van der Waals surface area contributed by atoms with Crippen molar-refractivity contribution in [2.24, 2.45) is 0 Å². The molecule has 0 aliphatic heterocycles. The fraction of sp³-hybridized carbons (Fsp3) is 0.562. The Balaban J connectivity index is 4.16. The van der Waals surface area contributed by atoms with E-state index >= 15 is 0 Å². The summed E-state index contributed by atoms with van der Waals surface area (Å²) in [5.74, 6) is 0.226. The van der Waals surface area contributed by atoms with Crippen LogP contribution in [0.5, 0.6) is 0 Å². The summed E-state index contributed by atoms with van der Waals surface area (Å²) in [4.78, 5) is 34.1. The zero-order valence-corrected chi connectivity index (χ0v) is 14.1. The third-order valence-electron chi connectivity index (χ3n) is 2.75. The highest BCUT2D eigenvalue weighted by Gasteiger charge is 2.11. The normalized spacial score (nSPS) is 12.2. The Kier molecular flexibility index (Phi) is 10.6. The van der Waals surface area contributed by atoms with Crippen molar-refractivity contribution in [3.05, 3.63) is 23.3 Å². The molecule has 0 aromatic carbocycles. The van der Waals surface area contributed by atoms with Gasteiger partial charge >= 0.3 is 0 Å². The Morgan fingerprint density at radius 2 is 1.76 bits per heavy atom. The quantitative estimate of drug-likeness (QED) is 0.308. The van der Waals surface area contributed by atoms with Gasteiger partial charge in [0.15, 0.2) is 10.9 Å². The molecular weight excluding hydrogens is 286 g/mol. The monoisotopic (exact) mass is 311 g/mol. The van der Waals surface area contributed by atoms with E-state index in [9.17, 15) is 14.4 Å². The third kappa shape index (κ3) is 11.0. The van der Waals surface area contributed by atoms with Crippen LogP contribution < -0.4 is 5.32 Å². The Hall–Kier alpha value is -1.36. The Bertz CT molecular complexity index is 439. The fourth-order valence-electron chi connectivity index (χ4n) is 1.55. The number of thioether (sulfide) groups is 1. The van der Waals surface area contributed by atoms with Crippen molar-refractivity contribution in [3.63, 3.8) is 0 Å². The van der Waals surface area contributed by atoms with E-state index in [-0.39, 0.29) is 23.2 Å². The second-order valence-corrected chi connectivity index (χ2v) is 6.07. The number of carbonyl (C=O) groups is 3. The fourth-order valence-corrected chi connectivity index (χ4v) is 2.22. The molecule has 0 aromatic heterocycles. The van der Waals surface area contributed by atoms with Crippen LogP contribution >= 0.6 is 11.8 Å². The summed E-state index contributed by atoms with van der Waals surface area (Å²) < 4.78 is 0. The van der Waals surface area contributed by atoms with E-state index < -0.39 is 0 Å². The van der Waals surface area contributed by atoms with Gasteiger partial charge in [-0.1, -0.05) is 42.8 Å². The number of Topliss-reactive ketones (excluding diaryl/α,β-unsaturated/α-hetero) is 1. The average molecular weight is 311 g/mol. The van der Waals surface area contributed by atoms with Crippen molar-refractivity contribution < 1.29 is 14.4 Å². The van der Waals surface area contributed by atoms with Gasteiger partial charge in [0, 0.05) is 19.2 Å². The molecule has 0 saturated carbocycles. The molecule has 0 radical (unpaired) electrons. The highest BCUT2D eigenvalue weighted by Crippen LogP contribution is 2.10. The van der Waals surface area contributed by atoms with Crippen LogP contribution in [0.15, 0.2) is 23.3 Å². The van der Waals surface area contributed by atoms with Crippen molar-refractivity contribution in [1.82, 2.24) is 5.32 Å². The smallest absolute Gasteiger partial charge is 0.216 e. The van der Waals surface area contributed by atoms with Crippen LogP contribution in [-0.4, -0.2) is 29.1 Å². The maximum Gasteiger partial charge on any atom is 0.216 e.